The molecule has 0 aliphatic carbocycles. The summed E-state index contributed by atoms with van der Waals surface area (Å²) in [6.45, 7) is 4.95. The molecule has 0 aliphatic rings. The third-order valence-corrected chi connectivity index (χ3v) is 38.0. The molecule has 0 radical (unpaired) electrons. The predicted octanol–water partition coefficient (Wildman–Crippen LogP) is 14.6. The van der Waals surface area contributed by atoms with Gasteiger partial charge in [-0.25, -0.2) is 42.1 Å². The minimum absolute atomic E-state index is 0.0392. The molecular weight excluding hydrogens is 3530 g/mol. The normalized spacial score (nSPS) is 11.3. The van der Waals surface area contributed by atoms with E-state index in [-0.39, 0.29) is 61.6 Å². The van der Waals surface area contributed by atoms with Crippen LogP contribution in [0.1, 0.15) is 168 Å². The molecule has 0 saturated carbocycles. The summed E-state index contributed by atoms with van der Waals surface area (Å²) in [7, 11) is -20.2. The molecule has 5 aromatic rings. The van der Waals surface area contributed by atoms with Gasteiger partial charge in [0.15, 0.2) is 0 Å². The standard InChI is InChI=1S/2C16H20I3NO6S.2C15H18I3NO6S.C14H16I3NO6S/c1-2-5-20(6-3-4-14(21)26-7-8-27(23,24)25)16(22)12-9-11(17)10-13(18)15(12)19;17-11-9-12(15(19)13(18)10-11)16(22)20-6-4-2-1-3-5-14(21)26-7-8-27(23,24)25;1-2-19(5-3-4-13(20)25-6-7-26(22,23)24)15(21)11-8-10(16)9-12(17)14(11)18;16-10-8-11(14(18)12(17)9-10)15(21)19-5-3-1-2-4-13(20)25-6-7-26(22,23)24;1-18(4-2-3-12(19)24-5-6-25(21,22)23)14(20)10-7-9(15)8-11(16)13(10)17/h9-10H,2-8H2,1H3,(H,23,24,25);9-10H,1-8H2,(H,20,22)(H,23,24,25);8-9H,2-7H2,1H3,(H,22,23,24);8-9H,1-7H2,(H,19,21)(H,22,23,24);7-8H,2-6H2,1H3,(H,21,22,23)/p-5. The van der Waals surface area contributed by atoms with E-state index in [0.29, 0.717) is 112 Å². The molecular formula is C76H87I15N5O30S5-5. The summed E-state index contributed by atoms with van der Waals surface area (Å²) in [6.07, 6.45) is 7.48. The predicted molar refractivity (Wildman–Crippen MR) is 609 cm³/mol. The Balaban J connectivity index is 0.000000819. The van der Waals surface area contributed by atoms with Gasteiger partial charge in [-0.2, -0.15) is 0 Å². The fraction of sp³-hybridized carbons (Fsp3) is 0.474. The fourth-order valence-corrected chi connectivity index (χ4v) is 23.5. The Morgan fingerprint density at radius 1 is 0.298 bits per heavy atom. The van der Waals surface area contributed by atoms with Crippen molar-refractivity contribution in [3.8, 4) is 0 Å². The summed E-state index contributed by atoms with van der Waals surface area (Å²) in [4.78, 5) is 125. The zero-order valence-corrected chi connectivity index (χ0v) is 106. The number of amides is 5. The maximum atomic E-state index is 12.9. The molecule has 0 aromatic heterocycles. The molecule has 2 N–H and O–H groups in total. The molecule has 55 heteroatoms. The van der Waals surface area contributed by atoms with Crippen molar-refractivity contribution < 1.29 is 136 Å². The summed E-state index contributed by atoms with van der Waals surface area (Å²) < 4.78 is 194. The van der Waals surface area contributed by atoms with Crippen molar-refractivity contribution in [1.82, 2.24) is 25.3 Å². The van der Waals surface area contributed by atoms with Crippen molar-refractivity contribution in [1.29, 1.82) is 0 Å². The summed E-state index contributed by atoms with van der Waals surface area (Å²) >= 11 is 32.6. The smallest absolute Gasteiger partial charge is 0.305 e. The van der Waals surface area contributed by atoms with E-state index >= 15 is 0 Å². The first-order valence-corrected chi connectivity index (χ1v) is 62.5. The molecule has 0 heterocycles. The second-order valence-corrected chi connectivity index (χ2v) is 51.9. The molecule has 0 atom stereocenters. The molecule has 0 aliphatic heterocycles. The van der Waals surface area contributed by atoms with E-state index in [1.165, 1.54) is 4.90 Å². The van der Waals surface area contributed by atoms with Crippen LogP contribution in [0, 0.1) is 53.6 Å². The first-order chi connectivity index (χ1) is 60.8. The molecule has 5 aromatic carbocycles. The SMILES string of the molecule is CCCN(CCCC(=O)OCCS(=O)(=O)[O-])C(=O)c1cc(I)cc(I)c1I.CCN(CCCC(=O)OCCS(=O)(=O)[O-])C(=O)c1cc(I)cc(I)c1I.CN(CCCC(=O)OCCS(=O)(=O)[O-])C(=O)c1cc(I)cc(I)c1I.O=C(CCCCCCNC(=O)c1cc(I)cc(I)c1I)OCCS(=O)(=O)[O-].O=C(CCCCCNC(=O)c1cc(I)cc(I)c1I)OCCS(=O)(=O)[O-]. The number of hydrogen-bond acceptors (Lipinski definition) is 30. The zero-order valence-electron chi connectivity index (χ0n) is 69.4. The lowest BCUT2D eigenvalue weighted by Crippen LogP contribution is -2.33. The number of ether oxygens (including phenoxy) is 5. The van der Waals surface area contributed by atoms with E-state index in [4.69, 9.17) is 9.47 Å². The van der Waals surface area contributed by atoms with Crippen LogP contribution in [-0.2, 0) is 98.2 Å². The van der Waals surface area contributed by atoms with E-state index in [0.717, 1.165) is 85.7 Å². The van der Waals surface area contributed by atoms with Gasteiger partial charge < -0.3 is 71.8 Å². The first-order valence-electron chi connectivity index (χ1n) is 38.4. The Kier molecular flexibility index (Phi) is 68.2. The van der Waals surface area contributed by atoms with Crippen LogP contribution in [0.3, 0.4) is 0 Å². The van der Waals surface area contributed by atoms with Gasteiger partial charge in [0.25, 0.3) is 29.5 Å². The van der Waals surface area contributed by atoms with E-state index in [1.54, 1.807) is 16.8 Å². The monoisotopic (exact) mass is 3610 g/mol. The number of carbonyl (C=O) groups is 10. The van der Waals surface area contributed by atoms with Gasteiger partial charge in [-0.1, -0.05) is 26.2 Å². The van der Waals surface area contributed by atoms with Crippen molar-refractivity contribution >= 4 is 449 Å². The molecule has 736 valence electrons. The highest BCUT2D eigenvalue weighted by Crippen LogP contribution is 2.29. The molecule has 0 fully saturated rings. The van der Waals surface area contributed by atoms with Crippen LogP contribution in [0.15, 0.2) is 60.7 Å². The van der Waals surface area contributed by atoms with Gasteiger partial charge in [0.05, 0.1) is 107 Å². The maximum absolute atomic E-state index is 12.9. The van der Waals surface area contributed by atoms with Crippen molar-refractivity contribution in [3.05, 3.63) is 142 Å². The highest BCUT2D eigenvalue weighted by molar-refractivity contribution is 14.1. The highest BCUT2D eigenvalue weighted by Gasteiger charge is 2.25. The summed E-state index contributed by atoms with van der Waals surface area (Å²) in [5.74, 6) is -6.93. The topological polar surface area (TPSA) is 537 Å². The molecule has 5 rings (SSSR count). The van der Waals surface area contributed by atoms with Crippen LogP contribution in [0.4, 0.5) is 0 Å². The second-order valence-electron chi connectivity index (χ2n) is 26.9. The van der Waals surface area contributed by atoms with Gasteiger partial charge >= 0.3 is 29.8 Å². The quantitative estimate of drug-likeness (QED) is 0.00912. The second kappa shape index (κ2) is 68.6. The van der Waals surface area contributed by atoms with Gasteiger partial charge in [-0.3, -0.25) is 47.9 Å². The fourth-order valence-electron chi connectivity index (χ4n) is 10.1. The number of nitrogens with zero attached hydrogens (tertiary/aromatic N) is 3. The van der Waals surface area contributed by atoms with Gasteiger partial charge in [0.1, 0.15) is 33.0 Å². The van der Waals surface area contributed by atoms with Gasteiger partial charge in [-0.05, 0) is 458 Å². The molecule has 0 unspecified atom stereocenters. The van der Waals surface area contributed by atoms with Crippen molar-refractivity contribution in [2.75, 3.05) is 115 Å². The Morgan fingerprint density at radius 3 is 0.802 bits per heavy atom. The number of esters is 5. The summed E-state index contributed by atoms with van der Waals surface area (Å²) in [6, 6.07) is 19.2. The van der Waals surface area contributed by atoms with Gasteiger partial charge in [0, 0.05) is 139 Å². The zero-order chi connectivity index (χ0) is 99.9. The number of carbonyl (C=O) groups excluding carboxylic acids is 10. The van der Waals surface area contributed by atoms with Crippen LogP contribution >= 0.6 is 339 Å². The molecule has 35 nitrogen and oxygen atoms in total. The summed E-state index contributed by atoms with van der Waals surface area (Å²) in [5.41, 5.74) is 3.21. The van der Waals surface area contributed by atoms with E-state index < -0.39 is 142 Å². The minimum atomic E-state index is -4.40. The van der Waals surface area contributed by atoms with Gasteiger partial charge in [0.2, 0.25) is 0 Å². The average molecular weight is 3610 g/mol. The Hall–Kier alpha value is 1.30. The number of nitrogens with one attached hydrogen (secondary N) is 2. The van der Waals surface area contributed by atoms with Crippen LogP contribution in [0.5, 0.6) is 0 Å². The van der Waals surface area contributed by atoms with E-state index in [9.17, 15) is 113 Å². The van der Waals surface area contributed by atoms with Crippen molar-refractivity contribution in [3.63, 3.8) is 0 Å². The van der Waals surface area contributed by atoms with Gasteiger partial charge in [-0.15, -0.1) is 0 Å². The highest BCUT2D eigenvalue weighted by atomic mass is 127. The molecule has 0 saturated heterocycles. The maximum Gasteiger partial charge on any atom is 0.305 e. The Morgan fingerprint density at radius 2 is 0.527 bits per heavy atom. The number of unbranched alkanes of at least 4 members (excludes halogenated alkanes) is 5. The average Bonchev–Trinajstić information content (AvgIpc) is 0.807. The Labute approximate surface area is 967 Å². The first kappa shape index (κ1) is 130. The lowest BCUT2D eigenvalue weighted by molar-refractivity contribution is -0.144. The molecule has 131 heavy (non-hydrogen) atoms. The number of rotatable bonds is 48. The minimum Gasteiger partial charge on any atom is -0.748 e. The Bertz CT molecular complexity index is 5330. The number of hydrogen-bond donors (Lipinski definition) is 2. The van der Waals surface area contributed by atoms with Crippen LogP contribution in [0.25, 0.3) is 0 Å². The molecule has 5 amide bonds. The van der Waals surface area contributed by atoms with Crippen molar-refractivity contribution in [2.45, 2.75) is 117 Å². The van der Waals surface area contributed by atoms with Crippen LogP contribution in [0.2, 0.25) is 0 Å². The number of halogens is 15. The van der Waals surface area contributed by atoms with E-state index in [1.807, 2.05) is 74.5 Å². The largest absolute Gasteiger partial charge is 0.748 e. The molecule has 0 spiro atoms. The molecule has 0 bridgehead atoms. The van der Waals surface area contributed by atoms with Crippen LogP contribution in [-0.4, -0.2) is 254 Å². The van der Waals surface area contributed by atoms with Crippen LogP contribution < -0.4 is 10.6 Å². The lowest BCUT2D eigenvalue weighted by atomic mass is 10.1. The van der Waals surface area contributed by atoms with E-state index in [2.05, 4.69) is 364 Å². The lowest BCUT2D eigenvalue weighted by Gasteiger charge is -2.23. The number of benzene rings is 5. The third-order valence-electron chi connectivity index (χ3n) is 16.4. The summed E-state index contributed by atoms with van der Waals surface area (Å²) in [5, 5.41) is 5.77. The third kappa shape index (κ3) is 60.6. The van der Waals surface area contributed by atoms with Crippen molar-refractivity contribution in [2.24, 2.45) is 0 Å².